The zero-order valence-corrected chi connectivity index (χ0v) is 13.2. The van der Waals surface area contributed by atoms with E-state index < -0.39 is 15.8 Å². The number of rotatable bonds is 2. The lowest BCUT2D eigenvalue weighted by Crippen LogP contribution is -2.26. The molecule has 0 amide bonds. The molecule has 2 aromatic rings. The molecular weight excluding hydrogens is 327 g/mol. The van der Waals surface area contributed by atoms with E-state index in [1.807, 2.05) is 0 Å². The maximum absolute atomic E-state index is 13.5. The Morgan fingerprint density at radius 1 is 1.23 bits per heavy atom. The lowest BCUT2D eigenvalue weighted by Gasteiger charge is -2.19. The molecule has 0 aromatic heterocycles. The van der Waals surface area contributed by atoms with Crippen LogP contribution in [0, 0.1) is 5.82 Å². The van der Waals surface area contributed by atoms with E-state index >= 15 is 0 Å². The monoisotopic (exact) mass is 338 g/mol. The minimum absolute atomic E-state index is 0.0533. The SMILES string of the molecule is CN(Cc1ccc(Cl)c(F)c1)C1=NS(=O)(=O)c2ccccc21. The van der Waals surface area contributed by atoms with E-state index in [1.54, 1.807) is 36.2 Å². The number of nitrogens with zero attached hydrogens (tertiary/aromatic N) is 2. The Bertz CT molecular complexity index is 881. The standard InChI is InChI=1S/C15H12ClFN2O2S/c1-19(9-10-6-7-12(16)13(17)8-10)15-11-4-2-3-5-14(11)22(20,21)18-15/h2-8H,9H2,1H3. The first kappa shape index (κ1) is 15.0. The number of benzene rings is 2. The van der Waals surface area contributed by atoms with Gasteiger partial charge in [-0.05, 0) is 29.8 Å². The van der Waals surface area contributed by atoms with Gasteiger partial charge in [0.2, 0.25) is 0 Å². The zero-order valence-electron chi connectivity index (χ0n) is 11.6. The van der Waals surface area contributed by atoms with Gasteiger partial charge in [-0.15, -0.1) is 4.40 Å². The molecule has 0 saturated heterocycles. The van der Waals surface area contributed by atoms with Crippen LogP contribution in [0.1, 0.15) is 11.1 Å². The fraction of sp³-hybridized carbons (Fsp3) is 0.133. The summed E-state index contributed by atoms with van der Waals surface area (Å²) < 4.78 is 41.4. The van der Waals surface area contributed by atoms with Crippen LogP contribution in [0.2, 0.25) is 5.02 Å². The molecule has 1 aliphatic rings. The fourth-order valence-electron chi connectivity index (χ4n) is 2.35. The molecule has 4 nitrogen and oxygen atoms in total. The molecule has 0 unspecified atom stereocenters. The average Bonchev–Trinajstić information content (AvgIpc) is 2.76. The molecule has 0 radical (unpaired) electrons. The molecule has 0 fully saturated rings. The second kappa shape index (κ2) is 5.37. The van der Waals surface area contributed by atoms with E-state index in [-0.39, 0.29) is 9.92 Å². The van der Waals surface area contributed by atoms with Gasteiger partial charge in [0.25, 0.3) is 10.0 Å². The predicted octanol–water partition coefficient (Wildman–Crippen LogP) is 3.06. The summed E-state index contributed by atoms with van der Waals surface area (Å²) in [5.41, 5.74) is 1.23. The third-order valence-corrected chi connectivity index (χ3v) is 5.01. The summed E-state index contributed by atoms with van der Waals surface area (Å²) in [7, 11) is -1.94. The molecule has 0 bridgehead atoms. The van der Waals surface area contributed by atoms with Gasteiger partial charge in [-0.1, -0.05) is 29.8 Å². The quantitative estimate of drug-likeness (QED) is 0.845. The summed E-state index contributed by atoms with van der Waals surface area (Å²) >= 11 is 5.66. The van der Waals surface area contributed by atoms with Crippen molar-refractivity contribution in [3.8, 4) is 0 Å². The number of halogens is 2. The number of fused-ring (bicyclic) bond motifs is 1. The second-order valence-electron chi connectivity index (χ2n) is 4.99. The van der Waals surface area contributed by atoms with Crippen molar-refractivity contribution < 1.29 is 12.8 Å². The highest BCUT2D eigenvalue weighted by atomic mass is 35.5. The van der Waals surface area contributed by atoms with Crippen LogP contribution < -0.4 is 0 Å². The molecule has 0 spiro atoms. The Balaban J connectivity index is 1.93. The van der Waals surface area contributed by atoms with Gasteiger partial charge in [-0.2, -0.15) is 8.42 Å². The van der Waals surface area contributed by atoms with Gasteiger partial charge in [-0.3, -0.25) is 0 Å². The van der Waals surface area contributed by atoms with E-state index in [2.05, 4.69) is 4.40 Å². The summed E-state index contributed by atoms with van der Waals surface area (Å²) in [4.78, 5) is 1.87. The lowest BCUT2D eigenvalue weighted by atomic mass is 10.1. The average molecular weight is 339 g/mol. The van der Waals surface area contributed by atoms with Gasteiger partial charge in [0.1, 0.15) is 10.7 Å². The van der Waals surface area contributed by atoms with Gasteiger partial charge in [0.05, 0.1) is 5.02 Å². The molecule has 3 rings (SSSR count). The molecule has 114 valence electrons. The first-order chi connectivity index (χ1) is 10.4. The van der Waals surface area contributed by atoms with Gasteiger partial charge in [-0.25, -0.2) is 4.39 Å². The van der Waals surface area contributed by atoms with E-state index in [4.69, 9.17) is 11.6 Å². The summed E-state index contributed by atoms with van der Waals surface area (Å²) in [6.45, 7) is 0.316. The number of amidine groups is 1. The van der Waals surface area contributed by atoms with Crippen LogP contribution in [-0.2, 0) is 16.6 Å². The van der Waals surface area contributed by atoms with Crippen molar-refractivity contribution in [2.24, 2.45) is 4.40 Å². The Hall–Kier alpha value is -1.92. The Morgan fingerprint density at radius 3 is 2.68 bits per heavy atom. The van der Waals surface area contributed by atoms with Crippen LogP contribution in [-0.4, -0.2) is 26.2 Å². The molecule has 0 saturated carbocycles. The van der Waals surface area contributed by atoms with E-state index in [9.17, 15) is 12.8 Å². The Kier molecular flexibility index (Phi) is 3.66. The maximum atomic E-state index is 13.5. The highest BCUT2D eigenvalue weighted by molar-refractivity contribution is 7.90. The highest BCUT2D eigenvalue weighted by Gasteiger charge is 2.30. The van der Waals surface area contributed by atoms with Gasteiger partial charge >= 0.3 is 0 Å². The summed E-state index contributed by atoms with van der Waals surface area (Å²) in [5.74, 6) is -0.153. The lowest BCUT2D eigenvalue weighted by molar-refractivity contribution is 0.499. The molecule has 1 heterocycles. The second-order valence-corrected chi connectivity index (χ2v) is 6.97. The van der Waals surface area contributed by atoms with Crippen molar-refractivity contribution in [3.63, 3.8) is 0 Å². The molecule has 22 heavy (non-hydrogen) atoms. The fourth-order valence-corrected chi connectivity index (χ4v) is 3.72. The Labute approximate surface area is 132 Å². The number of sulfonamides is 1. The third-order valence-electron chi connectivity index (χ3n) is 3.38. The van der Waals surface area contributed by atoms with E-state index in [0.29, 0.717) is 23.5 Å². The van der Waals surface area contributed by atoms with Crippen molar-refractivity contribution in [2.75, 3.05) is 7.05 Å². The van der Waals surface area contributed by atoms with Crippen LogP contribution in [0.4, 0.5) is 4.39 Å². The summed E-state index contributed by atoms with van der Waals surface area (Å²) in [5, 5.41) is 0.0533. The molecule has 1 aliphatic heterocycles. The molecule has 0 N–H and O–H groups in total. The van der Waals surface area contributed by atoms with Crippen molar-refractivity contribution in [3.05, 3.63) is 64.4 Å². The van der Waals surface area contributed by atoms with Crippen molar-refractivity contribution >= 4 is 27.5 Å². The minimum atomic E-state index is -3.66. The number of hydrogen-bond acceptors (Lipinski definition) is 3. The molecule has 0 atom stereocenters. The largest absolute Gasteiger partial charge is 0.354 e. The summed E-state index contributed by atoms with van der Waals surface area (Å²) in [6, 6.07) is 11.1. The molecule has 7 heteroatoms. The van der Waals surface area contributed by atoms with Gasteiger partial charge < -0.3 is 4.90 Å². The predicted molar refractivity (Wildman–Crippen MR) is 83.0 cm³/mol. The Morgan fingerprint density at radius 2 is 1.95 bits per heavy atom. The van der Waals surface area contributed by atoms with Crippen LogP contribution in [0.15, 0.2) is 51.8 Å². The molecule has 2 aromatic carbocycles. The zero-order chi connectivity index (χ0) is 15.9. The van der Waals surface area contributed by atoms with Crippen molar-refractivity contribution in [1.29, 1.82) is 0 Å². The molecular formula is C15H12ClFN2O2S. The van der Waals surface area contributed by atoms with E-state index in [1.165, 1.54) is 18.2 Å². The van der Waals surface area contributed by atoms with Crippen LogP contribution >= 0.6 is 11.6 Å². The van der Waals surface area contributed by atoms with Crippen LogP contribution in [0.25, 0.3) is 0 Å². The molecule has 0 aliphatic carbocycles. The first-order valence-corrected chi connectivity index (χ1v) is 8.30. The van der Waals surface area contributed by atoms with Gasteiger partial charge in [0.15, 0.2) is 5.84 Å². The highest BCUT2D eigenvalue weighted by Crippen LogP contribution is 2.27. The maximum Gasteiger partial charge on any atom is 0.285 e. The normalized spacial score (nSPS) is 15.3. The minimum Gasteiger partial charge on any atom is -0.354 e. The number of hydrogen-bond donors (Lipinski definition) is 0. The van der Waals surface area contributed by atoms with Crippen molar-refractivity contribution in [1.82, 2.24) is 4.90 Å². The summed E-state index contributed by atoms with van der Waals surface area (Å²) in [6.07, 6.45) is 0. The van der Waals surface area contributed by atoms with Crippen molar-refractivity contribution in [2.45, 2.75) is 11.4 Å². The first-order valence-electron chi connectivity index (χ1n) is 6.48. The van der Waals surface area contributed by atoms with Gasteiger partial charge in [0, 0.05) is 19.2 Å². The third kappa shape index (κ3) is 2.60. The topological polar surface area (TPSA) is 49.7 Å². The van der Waals surface area contributed by atoms with Crippen LogP contribution in [0.3, 0.4) is 0 Å². The van der Waals surface area contributed by atoms with E-state index in [0.717, 1.165) is 0 Å². The van der Waals surface area contributed by atoms with Crippen LogP contribution in [0.5, 0.6) is 0 Å². The smallest absolute Gasteiger partial charge is 0.285 e.